The van der Waals surface area contributed by atoms with Gasteiger partial charge in [0.1, 0.15) is 22.4 Å². The molecule has 0 aliphatic carbocycles. The number of ether oxygens (including phenoxy) is 2. The molecule has 224 valence electrons. The highest BCUT2D eigenvalue weighted by Crippen LogP contribution is 2.38. The third-order valence-electron chi connectivity index (χ3n) is 6.43. The van der Waals surface area contributed by atoms with Crippen LogP contribution in [0.5, 0.6) is 11.5 Å². The van der Waals surface area contributed by atoms with Crippen molar-refractivity contribution in [1.29, 1.82) is 0 Å². The molecule has 5 nitrogen and oxygen atoms in total. The predicted octanol–water partition coefficient (Wildman–Crippen LogP) is 8.22. The molecule has 2 heterocycles. The number of aromatic nitrogens is 1. The standard InChI is InChI=1S/C30H22F6N2O3S2/c31-29(32,33)20-13-21(30(34,35)36)15-24(14-20)40-10-4-9-38-22(16-26-27(39)37-28(42)43-26)11-19-12-23(7-8-25(19)38)41-17-18-5-2-1-3-6-18/h1-3,5-8,11-16H,4,9-10,17H2,(H,37,39,42)/b26-16-. The monoisotopic (exact) mass is 636 g/mol. The van der Waals surface area contributed by atoms with Crippen molar-refractivity contribution >= 4 is 51.2 Å². The van der Waals surface area contributed by atoms with E-state index in [9.17, 15) is 31.1 Å². The Bertz CT molecular complexity index is 1670. The molecule has 1 aliphatic heterocycles. The molecule has 0 radical (unpaired) electrons. The van der Waals surface area contributed by atoms with Crippen LogP contribution < -0.4 is 14.8 Å². The van der Waals surface area contributed by atoms with E-state index in [-0.39, 0.29) is 31.5 Å². The van der Waals surface area contributed by atoms with E-state index in [0.29, 0.717) is 39.4 Å². The summed E-state index contributed by atoms with van der Waals surface area (Å²) in [5, 5.41) is 3.36. The summed E-state index contributed by atoms with van der Waals surface area (Å²) in [5.74, 6) is -0.253. The second-order valence-corrected chi connectivity index (χ2v) is 11.2. The van der Waals surface area contributed by atoms with E-state index in [1.165, 1.54) is 0 Å². The van der Waals surface area contributed by atoms with Crippen molar-refractivity contribution in [2.45, 2.75) is 31.9 Å². The molecule has 13 heteroatoms. The minimum Gasteiger partial charge on any atom is -0.493 e. The molecular formula is C30H22F6N2O3S2. The van der Waals surface area contributed by atoms with Gasteiger partial charge in [-0.25, -0.2) is 0 Å². The summed E-state index contributed by atoms with van der Waals surface area (Å²) < 4.78 is 92.7. The van der Waals surface area contributed by atoms with Crippen LogP contribution in [0, 0.1) is 0 Å². The van der Waals surface area contributed by atoms with E-state index in [2.05, 4.69) is 5.32 Å². The van der Waals surface area contributed by atoms with Gasteiger partial charge in [0.2, 0.25) is 0 Å². The number of carbonyl (C=O) groups is 1. The van der Waals surface area contributed by atoms with Crippen LogP contribution in [0.2, 0.25) is 0 Å². The number of hydrogen-bond acceptors (Lipinski definition) is 5. The summed E-state index contributed by atoms with van der Waals surface area (Å²) >= 11 is 6.19. The highest BCUT2D eigenvalue weighted by Gasteiger charge is 2.37. The van der Waals surface area contributed by atoms with Crippen molar-refractivity contribution in [2.75, 3.05) is 6.61 Å². The number of amides is 1. The molecule has 1 fully saturated rings. The van der Waals surface area contributed by atoms with Gasteiger partial charge in [-0.1, -0.05) is 54.3 Å². The first-order valence-corrected chi connectivity index (χ1v) is 14.1. The predicted molar refractivity (Wildman–Crippen MR) is 156 cm³/mol. The highest BCUT2D eigenvalue weighted by atomic mass is 32.2. The van der Waals surface area contributed by atoms with Gasteiger partial charge < -0.3 is 19.4 Å². The van der Waals surface area contributed by atoms with Crippen molar-refractivity contribution in [3.63, 3.8) is 0 Å². The van der Waals surface area contributed by atoms with Gasteiger partial charge in [-0.2, -0.15) is 26.3 Å². The first kappa shape index (κ1) is 30.5. The first-order chi connectivity index (χ1) is 20.4. The normalized spacial score (nSPS) is 14.9. The minimum atomic E-state index is -4.97. The van der Waals surface area contributed by atoms with E-state index >= 15 is 0 Å². The smallest absolute Gasteiger partial charge is 0.416 e. The molecule has 1 aliphatic rings. The van der Waals surface area contributed by atoms with Gasteiger partial charge in [-0.3, -0.25) is 4.79 Å². The van der Waals surface area contributed by atoms with Gasteiger partial charge in [0, 0.05) is 23.1 Å². The lowest BCUT2D eigenvalue weighted by molar-refractivity contribution is -0.143. The summed E-state index contributed by atoms with van der Waals surface area (Å²) in [6.45, 7) is 0.488. The summed E-state index contributed by atoms with van der Waals surface area (Å²) in [7, 11) is 0. The van der Waals surface area contributed by atoms with E-state index in [1.54, 1.807) is 12.1 Å². The number of halogens is 6. The van der Waals surface area contributed by atoms with Crippen molar-refractivity contribution in [1.82, 2.24) is 9.88 Å². The fourth-order valence-electron chi connectivity index (χ4n) is 4.45. The lowest BCUT2D eigenvalue weighted by Crippen LogP contribution is -2.17. The lowest BCUT2D eigenvalue weighted by Gasteiger charge is -2.15. The van der Waals surface area contributed by atoms with Crippen molar-refractivity contribution in [2.24, 2.45) is 0 Å². The van der Waals surface area contributed by atoms with Gasteiger partial charge in [-0.15, -0.1) is 0 Å². The highest BCUT2D eigenvalue weighted by molar-refractivity contribution is 8.26. The first-order valence-electron chi connectivity index (χ1n) is 12.8. The number of alkyl halides is 6. The van der Waals surface area contributed by atoms with E-state index in [1.807, 2.05) is 53.1 Å². The maximum absolute atomic E-state index is 13.2. The van der Waals surface area contributed by atoms with Crippen LogP contribution in [0.15, 0.2) is 77.7 Å². The third kappa shape index (κ3) is 7.52. The minimum absolute atomic E-state index is 0.0548. The SMILES string of the molecule is O=C1NC(=S)S/C1=C\c1cc2cc(OCc3ccccc3)ccc2n1CCCOc1cc(C(F)(F)F)cc(C(F)(F)F)c1. The van der Waals surface area contributed by atoms with Crippen LogP contribution in [-0.4, -0.2) is 21.4 Å². The Morgan fingerprint density at radius 3 is 2.19 bits per heavy atom. The topological polar surface area (TPSA) is 52.5 Å². The molecule has 0 bridgehead atoms. The molecular weight excluding hydrogens is 614 g/mol. The van der Waals surface area contributed by atoms with Crippen LogP contribution in [0.1, 0.15) is 28.8 Å². The quantitative estimate of drug-likeness (QED) is 0.0869. The fraction of sp³-hybridized carbons (Fsp3) is 0.200. The molecule has 5 rings (SSSR count). The second kappa shape index (κ2) is 12.3. The number of thioether (sulfide) groups is 1. The zero-order valence-corrected chi connectivity index (χ0v) is 23.7. The third-order valence-corrected chi connectivity index (χ3v) is 7.59. The number of rotatable bonds is 9. The lowest BCUT2D eigenvalue weighted by atomic mass is 10.1. The molecule has 1 aromatic heterocycles. The Balaban J connectivity index is 1.36. The van der Waals surface area contributed by atoms with Gasteiger partial charge >= 0.3 is 12.4 Å². The van der Waals surface area contributed by atoms with Crippen LogP contribution >= 0.6 is 24.0 Å². The molecule has 0 unspecified atom stereocenters. The number of thiocarbonyl (C=S) groups is 1. The number of carbonyl (C=O) groups excluding carboxylic acids is 1. The Hall–Kier alpha value is -3.97. The summed E-state index contributed by atoms with van der Waals surface area (Å²) in [6.07, 6.45) is -8.03. The number of aryl methyl sites for hydroxylation is 1. The number of nitrogens with one attached hydrogen (secondary N) is 1. The van der Waals surface area contributed by atoms with E-state index < -0.39 is 29.2 Å². The van der Waals surface area contributed by atoms with Gasteiger partial charge in [-0.05, 0) is 60.5 Å². The van der Waals surface area contributed by atoms with Crippen LogP contribution in [0.3, 0.4) is 0 Å². The summed E-state index contributed by atoms with van der Waals surface area (Å²) in [6, 6.07) is 18.1. The zero-order chi connectivity index (χ0) is 30.8. The number of fused-ring (bicyclic) bond motifs is 1. The van der Waals surface area contributed by atoms with Crippen LogP contribution in [0.4, 0.5) is 26.3 Å². The van der Waals surface area contributed by atoms with Crippen molar-refractivity contribution in [3.05, 3.63) is 100 Å². The largest absolute Gasteiger partial charge is 0.493 e. The summed E-state index contributed by atoms with van der Waals surface area (Å²) in [4.78, 5) is 12.7. The average molecular weight is 637 g/mol. The molecule has 1 saturated heterocycles. The van der Waals surface area contributed by atoms with Crippen LogP contribution in [0.25, 0.3) is 17.0 Å². The van der Waals surface area contributed by atoms with Gasteiger partial charge in [0.15, 0.2) is 0 Å². The molecule has 43 heavy (non-hydrogen) atoms. The van der Waals surface area contributed by atoms with Crippen LogP contribution in [-0.2, 0) is 30.3 Å². The van der Waals surface area contributed by atoms with E-state index in [0.717, 1.165) is 28.2 Å². The molecule has 4 aromatic rings. The van der Waals surface area contributed by atoms with Gasteiger partial charge in [0.25, 0.3) is 5.91 Å². The Morgan fingerprint density at radius 1 is 0.860 bits per heavy atom. The fourth-order valence-corrected chi connectivity index (χ4v) is 5.48. The second-order valence-electron chi connectivity index (χ2n) is 9.51. The maximum atomic E-state index is 13.2. The number of hydrogen-bond donors (Lipinski definition) is 1. The van der Waals surface area contributed by atoms with Gasteiger partial charge in [0.05, 0.1) is 22.6 Å². The average Bonchev–Trinajstić information content (AvgIpc) is 3.46. The molecule has 3 aromatic carbocycles. The maximum Gasteiger partial charge on any atom is 0.416 e. The van der Waals surface area contributed by atoms with Crippen molar-refractivity contribution < 1.29 is 40.6 Å². The Labute approximate surface area is 251 Å². The Morgan fingerprint density at radius 2 is 1.56 bits per heavy atom. The molecule has 1 amide bonds. The molecule has 0 spiro atoms. The number of nitrogens with zero attached hydrogens (tertiary/aromatic N) is 1. The molecule has 1 N–H and O–H groups in total. The zero-order valence-electron chi connectivity index (χ0n) is 22.1. The summed E-state index contributed by atoms with van der Waals surface area (Å²) in [5.41, 5.74) is -0.468. The molecule has 0 atom stereocenters. The Kier molecular flexibility index (Phi) is 8.74. The van der Waals surface area contributed by atoms with E-state index in [4.69, 9.17) is 21.7 Å². The van der Waals surface area contributed by atoms with Crippen molar-refractivity contribution in [3.8, 4) is 11.5 Å². The molecule has 0 saturated carbocycles. The number of benzene rings is 3.